The second-order valence-electron chi connectivity index (χ2n) is 5.69. The zero-order valence-electron chi connectivity index (χ0n) is 12.3. The van der Waals surface area contributed by atoms with Crippen LogP contribution >= 0.6 is 0 Å². The molecule has 4 heteroatoms. The van der Waals surface area contributed by atoms with E-state index in [-0.39, 0.29) is 5.91 Å². The van der Waals surface area contributed by atoms with Crippen LogP contribution < -0.4 is 0 Å². The Labute approximate surface area is 124 Å². The number of para-hydroxylation sites is 1. The third-order valence-corrected chi connectivity index (χ3v) is 4.41. The first-order chi connectivity index (χ1) is 10.1. The number of nitriles is 1. The van der Waals surface area contributed by atoms with Crippen molar-refractivity contribution in [1.82, 2.24) is 9.88 Å². The summed E-state index contributed by atoms with van der Waals surface area (Å²) in [5.41, 5.74) is 1.62. The van der Waals surface area contributed by atoms with Crippen molar-refractivity contribution in [2.24, 2.45) is 0 Å². The number of carbonyl (C=O) groups excluding carboxylic acids is 1. The van der Waals surface area contributed by atoms with Gasteiger partial charge in [0.2, 0.25) is 0 Å². The molecule has 4 nitrogen and oxygen atoms in total. The normalized spacial score (nSPS) is 16.0. The van der Waals surface area contributed by atoms with E-state index in [1.165, 1.54) is 0 Å². The van der Waals surface area contributed by atoms with E-state index in [1.807, 2.05) is 37.3 Å². The fourth-order valence-electron chi connectivity index (χ4n) is 2.89. The molecule has 106 valence electrons. The highest BCUT2D eigenvalue weighted by Gasteiger charge is 2.43. The van der Waals surface area contributed by atoms with Crippen molar-refractivity contribution in [3.8, 4) is 6.07 Å². The number of carbonyl (C=O) groups is 1. The molecule has 0 spiro atoms. The molecule has 0 unspecified atom stereocenters. The van der Waals surface area contributed by atoms with Gasteiger partial charge in [-0.25, -0.2) is 0 Å². The Morgan fingerprint density at radius 2 is 2.10 bits per heavy atom. The molecule has 2 aromatic rings. The first-order valence-electron chi connectivity index (χ1n) is 7.13. The van der Waals surface area contributed by atoms with Gasteiger partial charge in [-0.15, -0.1) is 0 Å². The maximum Gasteiger partial charge on any atom is 0.255 e. The molecule has 1 aromatic carbocycles. The van der Waals surface area contributed by atoms with Crippen molar-refractivity contribution < 1.29 is 4.79 Å². The molecule has 1 amide bonds. The number of aryl methyl sites for hydroxylation is 1. The summed E-state index contributed by atoms with van der Waals surface area (Å²) < 4.78 is 0. The molecule has 1 aromatic heterocycles. The van der Waals surface area contributed by atoms with E-state index in [2.05, 4.69) is 11.1 Å². The van der Waals surface area contributed by atoms with E-state index < -0.39 is 5.54 Å². The highest BCUT2D eigenvalue weighted by molar-refractivity contribution is 6.06. The molecule has 0 atom stereocenters. The van der Waals surface area contributed by atoms with Gasteiger partial charge in [0.05, 0.1) is 17.1 Å². The molecular formula is C17H17N3O. The maximum atomic E-state index is 12.9. The summed E-state index contributed by atoms with van der Waals surface area (Å²) in [5.74, 6) is -0.0991. The fraction of sp³-hybridized carbons (Fsp3) is 0.353. The lowest BCUT2D eigenvalue weighted by Crippen LogP contribution is -2.53. The number of amides is 1. The summed E-state index contributed by atoms with van der Waals surface area (Å²) >= 11 is 0. The quantitative estimate of drug-likeness (QED) is 0.849. The summed E-state index contributed by atoms with van der Waals surface area (Å²) in [6.07, 6.45) is 2.52. The van der Waals surface area contributed by atoms with Crippen molar-refractivity contribution >= 4 is 16.8 Å². The number of hydrogen-bond donors (Lipinski definition) is 0. The fourth-order valence-corrected chi connectivity index (χ4v) is 2.89. The van der Waals surface area contributed by atoms with Crippen LogP contribution in [0.1, 0.15) is 35.3 Å². The molecule has 0 aliphatic heterocycles. The largest absolute Gasteiger partial charge is 0.323 e. The average molecular weight is 279 g/mol. The van der Waals surface area contributed by atoms with Crippen LogP contribution in [0.2, 0.25) is 0 Å². The molecule has 21 heavy (non-hydrogen) atoms. The standard InChI is InChI=1S/C17H17N3O/c1-12-10-14(13-6-3-4-7-15(13)19-12)16(21)20(2)17(11-18)8-5-9-17/h3-4,6-7,10H,5,8-9H2,1-2H3. The second-order valence-corrected chi connectivity index (χ2v) is 5.69. The van der Waals surface area contributed by atoms with E-state index in [1.54, 1.807) is 11.9 Å². The van der Waals surface area contributed by atoms with Crippen molar-refractivity contribution in [2.75, 3.05) is 7.05 Å². The molecular weight excluding hydrogens is 262 g/mol. The van der Waals surface area contributed by atoms with Crippen LogP contribution in [0, 0.1) is 18.3 Å². The van der Waals surface area contributed by atoms with Crippen LogP contribution in [0.25, 0.3) is 10.9 Å². The number of pyridine rings is 1. The minimum absolute atomic E-state index is 0.0991. The predicted molar refractivity (Wildman–Crippen MR) is 80.8 cm³/mol. The van der Waals surface area contributed by atoms with Gasteiger partial charge >= 0.3 is 0 Å². The van der Waals surface area contributed by atoms with Crippen LogP contribution in [0.15, 0.2) is 30.3 Å². The Kier molecular flexibility index (Phi) is 3.13. The van der Waals surface area contributed by atoms with Crippen LogP contribution in [0.4, 0.5) is 0 Å². The van der Waals surface area contributed by atoms with Gasteiger partial charge in [-0.2, -0.15) is 5.26 Å². The van der Waals surface area contributed by atoms with E-state index >= 15 is 0 Å². The third-order valence-electron chi connectivity index (χ3n) is 4.41. The minimum Gasteiger partial charge on any atom is -0.323 e. The summed E-state index contributed by atoms with van der Waals surface area (Å²) in [4.78, 5) is 18.9. The first kappa shape index (κ1) is 13.6. The van der Waals surface area contributed by atoms with E-state index in [0.29, 0.717) is 5.56 Å². The highest BCUT2D eigenvalue weighted by atomic mass is 16.2. The maximum absolute atomic E-state index is 12.9. The number of nitrogens with zero attached hydrogens (tertiary/aromatic N) is 3. The Morgan fingerprint density at radius 3 is 2.71 bits per heavy atom. The average Bonchev–Trinajstić information content (AvgIpc) is 2.45. The topological polar surface area (TPSA) is 57.0 Å². The Bertz CT molecular complexity index is 756. The Balaban J connectivity index is 2.08. The van der Waals surface area contributed by atoms with Crippen LogP contribution in [-0.2, 0) is 0 Å². The number of aromatic nitrogens is 1. The predicted octanol–water partition coefficient (Wildman–Crippen LogP) is 3.06. The molecule has 1 fully saturated rings. The summed E-state index contributed by atoms with van der Waals surface area (Å²) in [5, 5.41) is 10.3. The zero-order valence-corrected chi connectivity index (χ0v) is 12.3. The van der Waals surface area contributed by atoms with Gasteiger partial charge in [0.25, 0.3) is 5.91 Å². The van der Waals surface area contributed by atoms with Gasteiger partial charge in [0.1, 0.15) is 5.54 Å². The number of fused-ring (bicyclic) bond motifs is 1. The lowest BCUT2D eigenvalue weighted by molar-refractivity contribution is 0.0499. The molecule has 1 aliphatic carbocycles. The SMILES string of the molecule is Cc1cc(C(=O)N(C)C2(C#N)CCC2)c2ccccc2n1. The summed E-state index contributed by atoms with van der Waals surface area (Å²) in [6, 6.07) is 11.8. The van der Waals surface area contributed by atoms with E-state index in [0.717, 1.165) is 35.9 Å². The number of benzene rings is 1. The summed E-state index contributed by atoms with van der Waals surface area (Å²) in [7, 11) is 1.73. The lowest BCUT2D eigenvalue weighted by Gasteiger charge is -2.43. The van der Waals surface area contributed by atoms with Gasteiger partial charge in [0, 0.05) is 18.1 Å². The summed E-state index contributed by atoms with van der Waals surface area (Å²) in [6.45, 7) is 1.88. The monoisotopic (exact) mass is 279 g/mol. The van der Waals surface area contributed by atoms with E-state index in [4.69, 9.17) is 0 Å². The van der Waals surface area contributed by atoms with Gasteiger partial charge in [-0.3, -0.25) is 9.78 Å². The molecule has 0 saturated heterocycles. The second kappa shape index (κ2) is 4.85. The Hall–Kier alpha value is -2.41. The smallest absolute Gasteiger partial charge is 0.255 e. The van der Waals surface area contributed by atoms with E-state index in [9.17, 15) is 10.1 Å². The van der Waals surface area contributed by atoms with Gasteiger partial charge < -0.3 is 4.90 Å². The molecule has 1 saturated carbocycles. The molecule has 3 rings (SSSR count). The zero-order chi connectivity index (χ0) is 15.0. The van der Waals surface area contributed by atoms with Gasteiger partial charge in [-0.05, 0) is 38.3 Å². The van der Waals surface area contributed by atoms with Crippen LogP contribution in [0.3, 0.4) is 0 Å². The van der Waals surface area contributed by atoms with Crippen molar-refractivity contribution in [1.29, 1.82) is 5.26 Å². The molecule has 1 heterocycles. The van der Waals surface area contributed by atoms with Crippen LogP contribution in [0.5, 0.6) is 0 Å². The molecule has 0 N–H and O–H groups in total. The lowest BCUT2D eigenvalue weighted by atomic mass is 9.76. The first-order valence-corrected chi connectivity index (χ1v) is 7.13. The number of hydrogen-bond acceptors (Lipinski definition) is 3. The third kappa shape index (κ3) is 2.06. The van der Waals surface area contributed by atoms with Crippen molar-refractivity contribution in [2.45, 2.75) is 31.7 Å². The highest BCUT2D eigenvalue weighted by Crippen LogP contribution is 2.37. The van der Waals surface area contributed by atoms with Gasteiger partial charge in [0.15, 0.2) is 0 Å². The Morgan fingerprint density at radius 1 is 1.38 bits per heavy atom. The molecule has 0 radical (unpaired) electrons. The number of rotatable bonds is 2. The molecule has 0 bridgehead atoms. The van der Waals surface area contributed by atoms with Crippen molar-refractivity contribution in [3.63, 3.8) is 0 Å². The van der Waals surface area contributed by atoms with Crippen molar-refractivity contribution in [3.05, 3.63) is 41.6 Å². The minimum atomic E-state index is -0.630. The van der Waals surface area contributed by atoms with Crippen LogP contribution in [-0.4, -0.2) is 28.4 Å². The van der Waals surface area contributed by atoms with Gasteiger partial charge in [-0.1, -0.05) is 18.2 Å². The molecule has 1 aliphatic rings.